The van der Waals surface area contributed by atoms with Crippen LogP contribution in [0.4, 0.5) is 18.9 Å². The van der Waals surface area contributed by atoms with Crippen molar-refractivity contribution in [3.63, 3.8) is 0 Å². The van der Waals surface area contributed by atoms with Crippen LogP contribution in [0, 0.1) is 5.21 Å². The number of benzene rings is 2. The standard InChI is InChI=1S/C29H25ClF3N5O2/c30-24-16-35-27(36-17-24)21-3-1-19(2-4-21)18-38(40)13-9-20(10-14-38)25-15-23(29(31,32)33)5-6-26(25)37-28(39)22-7-11-34-12-8-22/h1-8,11-12,15-17,20H,9-10,13-14,18H2,(H,37,39). The minimum Gasteiger partial charge on any atom is -0.633 e. The monoisotopic (exact) mass is 567 g/mol. The molecule has 4 aromatic rings. The minimum atomic E-state index is -4.53. The number of nitrogens with zero attached hydrogens (tertiary/aromatic N) is 4. The Morgan fingerprint density at radius 3 is 2.27 bits per heavy atom. The van der Waals surface area contributed by atoms with Gasteiger partial charge in [-0.05, 0) is 41.8 Å². The van der Waals surface area contributed by atoms with Gasteiger partial charge in [-0.3, -0.25) is 9.78 Å². The Bertz CT molecular complexity index is 1470. The molecule has 0 aliphatic carbocycles. The highest BCUT2D eigenvalue weighted by molar-refractivity contribution is 6.30. The van der Waals surface area contributed by atoms with E-state index in [0.717, 1.165) is 23.3 Å². The number of nitrogens with one attached hydrogen (secondary N) is 1. The van der Waals surface area contributed by atoms with Crippen molar-refractivity contribution in [1.29, 1.82) is 0 Å². The molecular formula is C29H25ClF3N5O2. The molecule has 0 bridgehead atoms. The first-order valence-electron chi connectivity index (χ1n) is 12.7. The predicted octanol–water partition coefficient (Wildman–Crippen LogP) is 6.86. The van der Waals surface area contributed by atoms with E-state index in [9.17, 15) is 23.2 Å². The molecule has 3 heterocycles. The lowest BCUT2D eigenvalue weighted by molar-refractivity contribution is -0.899. The number of hydrogen-bond donors (Lipinski definition) is 1. The number of aromatic nitrogens is 3. The molecule has 2 aromatic heterocycles. The number of hydrogen-bond acceptors (Lipinski definition) is 5. The summed E-state index contributed by atoms with van der Waals surface area (Å²) >= 11 is 5.85. The Morgan fingerprint density at radius 1 is 1.00 bits per heavy atom. The molecule has 11 heteroatoms. The van der Waals surface area contributed by atoms with Crippen LogP contribution in [-0.4, -0.2) is 38.6 Å². The molecule has 0 radical (unpaired) electrons. The second-order valence-electron chi connectivity index (χ2n) is 9.85. The van der Waals surface area contributed by atoms with Crippen LogP contribution >= 0.6 is 11.6 Å². The van der Waals surface area contributed by atoms with Crippen molar-refractivity contribution in [2.24, 2.45) is 0 Å². The van der Waals surface area contributed by atoms with Crippen LogP contribution in [0.15, 0.2) is 79.4 Å². The van der Waals surface area contributed by atoms with Crippen LogP contribution in [0.2, 0.25) is 5.02 Å². The van der Waals surface area contributed by atoms with Crippen molar-refractivity contribution in [3.8, 4) is 11.4 Å². The van der Waals surface area contributed by atoms with Crippen LogP contribution in [0.3, 0.4) is 0 Å². The first-order valence-corrected chi connectivity index (χ1v) is 13.0. The van der Waals surface area contributed by atoms with Crippen LogP contribution in [0.25, 0.3) is 11.4 Å². The maximum Gasteiger partial charge on any atom is 0.416 e. The number of amides is 1. The summed E-state index contributed by atoms with van der Waals surface area (Å²) in [6, 6.07) is 13.8. The van der Waals surface area contributed by atoms with E-state index in [1.807, 2.05) is 24.3 Å². The van der Waals surface area contributed by atoms with Gasteiger partial charge >= 0.3 is 6.18 Å². The van der Waals surface area contributed by atoms with Crippen molar-refractivity contribution >= 4 is 23.2 Å². The van der Waals surface area contributed by atoms with Gasteiger partial charge in [-0.15, -0.1) is 0 Å². The zero-order valence-corrected chi connectivity index (χ0v) is 22.0. The predicted molar refractivity (Wildman–Crippen MR) is 145 cm³/mol. The molecule has 1 aliphatic rings. The fraction of sp³-hybridized carbons (Fsp3) is 0.241. The van der Waals surface area contributed by atoms with Gasteiger partial charge in [-0.1, -0.05) is 35.9 Å². The van der Waals surface area contributed by atoms with Crippen LogP contribution in [0.5, 0.6) is 0 Å². The summed E-state index contributed by atoms with van der Waals surface area (Å²) in [5, 5.41) is 16.8. The van der Waals surface area contributed by atoms with Crippen LogP contribution in [-0.2, 0) is 12.7 Å². The van der Waals surface area contributed by atoms with Gasteiger partial charge in [0.1, 0.15) is 6.54 Å². The Kier molecular flexibility index (Phi) is 7.84. The lowest BCUT2D eigenvalue weighted by Gasteiger charge is -2.47. The van der Waals surface area contributed by atoms with Crippen molar-refractivity contribution < 1.29 is 22.6 Å². The van der Waals surface area contributed by atoms with Crippen LogP contribution < -0.4 is 5.32 Å². The van der Waals surface area contributed by atoms with Gasteiger partial charge in [-0.25, -0.2) is 9.97 Å². The molecule has 7 nitrogen and oxygen atoms in total. The van der Waals surface area contributed by atoms with Gasteiger partial charge in [0.25, 0.3) is 5.91 Å². The molecule has 5 rings (SSSR count). The number of hydroxylamine groups is 3. The van der Waals surface area contributed by atoms with Gasteiger partial charge in [0, 0.05) is 60.0 Å². The molecule has 1 saturated heterocycles. The summed E-state index contributed by atoms with van der Waals surface area (Å²) in [5.74, 6) is -0.226. The smallest absolute Gasteiger partial charge is 0.416 e. The van der Waals surface area contributed by atoms with E-state index in [4.69, 9.17) is 11.6 Å². The third kappa shape index (κ3) is 6.47. The number of anilines is 1. The number of likely N-dealkylation sites (tertiary alicyclic amines) is 1. The highest BCUT2D eigenvalue weighted by Gasteiger charge is 2.34. The lowest BCUT2D eigenvalue weighted by atomic mass is 9.86. The average Bonchev–Trinajstić information content (AvgIpc) is 2.94. The largest absolute Gasteiger partial charge is 0.633 e. The molecule has 1 N–H and O–H groups in total. The van der Waals surface area contributed by atoms with E-state index in [-0.39, 0.29) is 25.6 Å². The summed E-state index contributed by atoms with van der Waals surface area (Å²) in [7, 11) is 0. The summed E-state index contributed by atoms with van der Waals surface area (Å²) in [4.78, 5) is 25.0. The quantitative estimate of drug-likeness (QED) is 0.203. The molecule has 0 unspecified atom stereocenters. The van der Waals surface area contributed by atoms with E-state index in [1.54, 1.807) is 0 Å². The van der Waals surface area contributed by atoms with Crippen LogP contribution in [0.1, 0.15) is 45.8 Å². The zero-order chi connectivity index (χ0) is 28.3. The highest BCUT2D eigenvalue weighted by atomic mass is 35.5. The van der Waals surface area contributed by atoms with Crippen molar-refractivity contribution in [2.45, 2.75) is 31.5 Å². The Balaban J connectivity index is 1.30. The van der Waals surface area contributed by atoms with Gasteiger partial charge in [-0.2, -0.15) is 13.2 Å². The molecule has 206 valence electrons. The number of piperidine rings is 1. The SMILES string of the molecule is O=C(Nc1ccc(C(F)(F)F)cc1C1CC[N+]([O-])(Cc2ccc(-c3ncc(Cl)cn3)cc2)CC1)c1ccncc1. The minimum absolute atomic E-state index is 0.237. The van der Waals surface area contributed by atoms with E-state index in [1.165, 1.54) is 43.0 Å². The van der Waals surface area contributed by atoms with E-state index in [2.05, 4.69) is 20.3 Å². The number of rotatable bonds is 6. The Morgan fingerprint density at radius 2 is 1.65 bits per heavy atom. The summed E-state index contributed by atoms with van der Waals surface area (Å²) in [5.41, 5.74) is 1.88. The third-order valence-electron chi connectivity index (χ3n) is 7.08. The molecule has 2 aromatic carbocycles. The molecule has 0 atom stereocenters. The second-order valence-corrected chi connectivity index (χ2v) is 10.3. The molecule has 40 heavy (non-hydrogen) atoms. The topological polar surface area (TPSA) is 90.8 Å². The Labute approximate surface area is 233 Å². The number of halogens is 4. The fourth-order valence-corrected chi connectivity index (χ4v) is 5.05. The normalized spacial score (nSPS) is 19.3. The van der Waals surface area contributed by atoms with Crippen molar-refractivity contribution in [2.75, 3.05) is 18.4 Å². The number of alkyl halides is 3. The molecule has 1 amide bonds. The Hall–Kier alpha value is -3.86. The number of carbonyl (C=O) groups is 1. The molecular weight excluding hydrogens is 543 g/mol. The van der Waals surface area contributed by atoms with E-state index in [0.29, 0.717) is 40.5 Å². The highest BCUT2D eigenvalue weighted by Crippen LogP contribution is 2.40. The van der Waals surface area contributed by atoms with Crippen molar-refractivity contribution in [3.05, 3.63) is 112 Å². The summed E-state index contributed by atoms with van der Waals surface area (Å²) < 4.78 is 40.2. The number of quaternary nitrogens is 1. The molecule has 0 spiro atoms. The van der Waals surface area contributed by atoms with Crippen molar-refractivity contribution in [1.82, 2.24) is 15.0 Å². The summed E-state index contributed by atoms with van der Waals surface area (Å²) in [6.07, 6.45) is 2.21. The molecule has 1 aliphatic heterocycles. The number of carbonyl (C=O) groups excluding carboxylic acids is 1. The lowest BCUT2D eigenvalue weighted by Crippen LogP contribution is -2.47. The first kappa shape index (κ1) is 27.7. The van der Waals surface area contributed by atoms with E-state index >= 15 is 0 Å². The van der Waals surface area contributed by atoms with E-state index < -0.39 is 22.3 Å². The fourth-order valence-electron chi connectivity index (χ4n) is 4.95. The van der Waals surface area contributed by atoms with Gasteiger partial charge < -0.3 is 15.2 Å². The third-order valence-corrected chi connectivity index (χ3v) is 7.28. The summed E-state index contributed by atoms with van der Waals surface area (Å²) in [6.45, 7) is 0.712. The first-order chi connectivity index (χ1) is 19.1. The van der Waals surface area contributed by atoms with Gasteiger partial charge in [0.2, 0.25) is 0 Å². The maximum absolute atomic E-state index is 13.6. The number of pyridine rings is 1. The van der Waals surface area contributed by atoms with Gasteiger partial charge in [0.05, 0.1) is 23.7 Å². The molecule has 0 saturated carbocycles. The van der Waals surface area contributed by atoms with Gasteiger partial charge in [0.15, 0.2) is 5.82 Å². The zero-order valence-electron chi connectivity index (χ0n) is 21.2. The molecule has 1 fully saturated rings. The maximum atomic E-state index is 13.6. The second kappa shape index (κ2) is 11.3. The average molecular weight is 568 g/mol.